The number of benzene rings is 3. The van der Waals surface area contributed by atoms with Gasteiger partial charge in [0.15, 0.2) is 11.5 Å². The Labute approximate surface area is 157 Å². The maximum absolute atomic E-state index is 13.0. The Morgan fingerprint density at radius 1 is 0.821 bits per heavy atom. The van der Waals surface area contributed by atoms with Crippen LogP contribution in [0.5, 0.6) is 11.5 Å². The summed E-state index contributed by atoms with van der Waals surface area (Å²) >= 11 is 0. The highest BCUT2D eigenvalue weighted by atomic mass is 16.6. The number of carbonyl (C=O) groups excluding carboxylic acids is 2. The Hall–Kier alpha value is -4.20. The van der Waals surface area contributed by atoms with Gasteiger partial charge in [-0.05, 0) is 36.4 Å². The zero-order chi connectivity index (χ0) is 20.0. The number of para-hydroxylation sites is 1. The molecule has 0 bridgehead atoms. The van der Waals surface area contributed by atoms with Crippen LogP contribution in [-0.4, -0.2) is 26.7 Å². The van der Waals surface area contributed by atoms with Crippen molar-refractivity contribution in [3.63, 3.8) is 0 Å². The van der Waals surface area contributed by atoms with Crippen molar-refractivity contribution in [1.29, 1.82) is 0 Å². The zero-order valence-corrected chi connectivity index (χ0v) is 14.2. The molecule has 28 heavy (non-hydrogen) atoms. The normalized spacial score (nSPS) is 12.3. The molecular formula is C20H12N2O6. The number of phenolic OH excluding ortho intramolecular Hbond substituents is 2. The minimum Gasteiger partial charge on any atom is -0.504 e. The van der Waals surface area contributed by atoms with Gasteiger partial charge in [0.1, 0.15) is 5.56 Å². The van der Waals surface area contributed by atoms with Gasteiger partial charge in [0.05, 0.1) is 4.92 Å². The van der Waals surface area contributed by atoms with Crippen molar-refractivity contribution in [2.45, 2.75) is 0 Å². The van der Waals surface area contributed by atoms with Crippen LogP contribution < -0.4 is 5.32 Å². The largest absolute Gasteiger partial charge is 0.504 e. The molecule has 0 amide bonds. The molecule has 0 atom stereocenters. The fourth-order valence-electron chi connectivity index (χ4n) is 3.21. The van der Waals surface area contributed by atoms with Gasteiger partial charge >= 0.3 is 5.69 Å². The molecule has 138 valence electrons. The third-order valence-corrected chi connectivity index (χ3v) is 4.48. The van der Waals surface area contributed by atoms with Crippen LogP contribution in [0.1, 0.15) is 31.8 Å². The summed E-state index contributed by atoms with van der Waals surface area (Å²) in [6, 6.07) is 14.5. The smallest absolute Gasteiger partial charge is 0.326 e. The minimum atomic E-state index is -1.05. The molecule has 0 spiro atoms. The van der Waals surface area contributed by atoms with Crippen LogP contribution in [0, 0.1) is 10.1 Å². The molecule has 3 aromatic carbocycles. The van der Waals surface area contributed by atoms with Crippen molar-refractivity contribution in [2.75, 3.05) is 5.32 Å². The minimum absolute atomic E-state index is 0.0216. The van der Waals surface area contributed by atoms with Crippen LogP contribution in [0.15, 0.2) is 54.6 Å². The number of hydrogen-bond donors (Lipinski definition) is 3. The number of phenols is 2. The van der Waals surface area contributed by atoms with E-state index in [9.17, 15) is 29.9 Å². The van der Waals surface area contributed by atoms with Crippen LogP contribution in [0.3, 0.4) is 0 Å². The predicted octanol–water partition coefficient (Wildman–Crippen LogP) is 3.53. The number of fused-ring (bicyclic) bond motifs is 2. The number of nitrogens with zero attached hydrogens (tertiary/aromatic N) is 1. The van der Waals surface area contributed by atoms with Crippen LogP contribution in [-0.2, 0) is 0 Å². The molecule has 0 aromatic heterocycles. The summed E-state index contributed by atoms with van der Waals surface area (Å²) in [6.07, 6.45) is 0. The fourth-order valence-corrected chi connectivity index (χ4v) is 3.21. The van der Waals surface area contributed by atoms with Gasteiger partial charge in [-0.25, -0.2) is 0 Å². The lowest BCUT2D eigenvalue weighted by Crippen LogP contribution is -2.22. The standard InChI is InChI=1S/C20H12N2O6/c23-15-9-14-16(17(20(15)26)22(27)28)19(25)13-8-11(6-7-12(13)18(14)24)21-10-4-2-1-3-5-10/h1-9,21,23,26H. The summed E-state index contributed by atoms with van der Waals surface area (Å²) < 4.78 is 0. The maximum atomic E-state index is 13.0. The second-order valence-electron chi connectivity index (χ2n) is 6.18. The van der Waals surface area contributed by atoms with Gasteiger partial charge in [0.2, 0.25) is 11.5 Å². The van der Waals surface area contributed by atoms with E-state index in [1.54, 1.807) is 6.07 Å². The lowest BCUT2D eigenvalue weighted by Gasteiger charge is -2.19. The van der Waals surface area contributed by atoms with Gasteiger partial charge in [0.25, 0.3) is 0 Å². The van der Waals surface area contributed by atoms with Gasteiger partial charge < -0.3 is 15.5 Å². The average Bonchev–Trinajstić information content (AvgIpc) is 2.68. The number of ketones is 2. The molecule has 0 aliphatic heterocycles. The number of hydrogen-bond acceptors (Lipinski definition) is 7. The molecule has 3 aromatic rings. The van der Waals surface area contributed by atoms with E-state index < -0.39 is 39.2 Å². The molecule has 0 radical (unpaired) electrons. The van der Waals surface area contributed by atoms with E-state index in [-0.39, 0.29) is 16.7 Å². The van der Waals surface area contributed by atoms with Crippen molar-refractivity contribution >= 4 is 28.6 Å². The van der Waals surface area contributed by atoms with Gasteiger partial charge in [0, 0.05) is 28.1 Å². The SMILES string of the molecule is O=C1c2ccc(Nc3ccccc3)cc2C(=O)c2c1cc(O)c(O)c2[N+](=O)[O-]. The van der Waals surface area contributed by atoms with Crippen molar-refractivity contribution in [1.82, 2.24) is 0 Å². The first kappa shape index (κ1) is 17.2. The molecule has 0 fully saturated rings. The average molecular weight is 376 g/mol. The molecule has 1 aliphatic rings. The molecule has 0 saturated carbocycles. The first-order chi connectivity index (χ1) is 13.4. The predicted molar refractivity (Wildman–Crippen MR) is 99.5 cm³/mol. The van der Waals surface area contributed by atoms with Crippen molar-refractivity contribution < 1.29 is 24.7 Å². The van der Waals surface area contributed by atoms with Crippen LogP contribution in [0.2, 0.25) is 0 Å². The number of anilines is 2. The van der Waals surface area contributed by atoms with Crippen LogP contribution in [0.25, 0.3) is 0 Å². The molecule has 1 aliphatic carbocycles. The van der Waals surface area contributed by atoms with E-state index in [0.717, 1.165) is 11.8 Å². The monoisotopic (exact) mass is 376 g/mol. The quantitative estimate of drug-likeness (QED) is 0.283. The van der Waals surface area contributed by atoms with Gasteiger partial charge in [-0.3, -0.25) is 19.7 Å². The summed E-state index contributed by atoms with van der Waals surface area (Å²) in [5.41, 5.74) is -0.522. The Bertz CT molecular complexity index is 1170. The summed E-state index contributed by atoms with van der Waals surface area (Å²) in [4.78, 5) is 36.1. The Morgan fingerprint density at radius 2 is 1.54 bits per heavy atom. The molecule has 0 unspecified atom stereocenters. The van der Waals surface area contributed by atoms with Gasteiger partial charge in [-0.2, -0.15) is 0 Å². The molecule has 0 heterocycles. The summed E-state index contributed by atoms with van der Waals surface area (Å²) in [5, 5.41) is 34.1. The first-order valence-corrected chi connectivity index (χ1v) is 8.17. The number of rotatable bonds is 3. The van der Waals surface area contributed by atoms with Gasteiger partial charge in [-0.15, -0.1) is 0 Å². The van der Waals surface area contributed by atoms with E-state index in [4.69, 9.17) is 0 Å². The zero-order valence-electron chi connectivity index (χ0n) is 14.2. The molecule has 8 heteroatoms. The van der Waals surface area contributed by atoms with E-state index in [1.807, 2.05) is 30.3 Å². The molecule has 0 saturated heterocycles. The van der Waals surface area contributed by atoms with Crippen LogP contribution in [0.4, 0.5) is 17.1 Å². The highest BCUT2D eigenvalue weighted by Crippen LogP contribution is 2.44. The third-order valence-electron chi connectivity index (χ3n) is 4.48. The third kappa shape index (κ3) is 2.55. The van der Waals surface area contributed by atoms with Crippen LogP contribution >= 0.6 is 0 Å². The Kier molecular flexibility index (Phi) is 3.82. The first-order valence-electron chi connectivity index (χ1n) is 8.17. The molecule has 3 N–H and O–H groups in total. The second kappa shape index (κ2) is 6.20. The number of nitro groups is 1. The number of aromatic hydroxyl groups is 2. The van der Waals surface area contributed by atoms with E-state index >= 15 is 0 Å². The molecule has 8 nitrogen and oxygen atoms in total. The highest BCUT2D eigenvalue weighted by molar-refractivity contribution is 6.30. The summed E-state index contributed by atoms with van der Waals surface area (Å²) in [6.45, 7) is 0. The number of carbonyl (C=O) groups is 2. The topological polar surface area (TPSA) is 130 Å². The number of nitro benzene ring substituents is 1. The summed E-state index contributed by atoms with van der Waals surface area (Å²) in [7, 11) is 0. The van der Waals surface area contributed by atoms with E-state index in [2.05, 4.69) is 5.32 Å². The van der Waals surface area contributed by atoms with Gasteiger partial charge in [-0.1, -0.05) is 18.2 Å². The van der Waals surface area contributed by atoms with Crippen molar-refractivity contribution in [3.05, 3.63) is 87.0 Å². The Morgan fingerprint density at radius 3 is 2.21 bits per heavy atom. The molecule has 4 rings (SSSR count). The Balaban J connectivity index is 1.87. The number of nitrogens with one attached hydrogen (secondary N) is 1. The van der Waals surface area contributed by atoms with Crippen molar-refractivity contribution in [2.24, 2.45) is 0 Å². The second-order valence-corrected chi connectivity index (χ2v) is 6.18. The lowest BCUT2D eigenvalue weighted by atomic mass is 9.82. The highest BCUT2D eigenvalue weighted by Gasteiger charge is 2.39. The van der Waals surface area contributed by atoms with E-state index in [0.29, 0.717) is 5.69 Å². The van der Waals surface area contributed by atoms with E-state index in [1.165, 1.54) is 12.1 Å². The maximum Gasteiger partial charge on any atom is 0.326 e. The summed E-state index contributed by atoms with van der Waals surface area (Å²) in [5.74, 6) is -3.30. The molecular weight excluding hydrogens is 364 g/mol. The van der Waals surface area contributed by atoms with Crippen molar-refractivity contribution in [3.8, 4) is 11.5 Å². The lowest BCUT2D eigenvalue weighted by molar-refractivity contribution is -0.386. The fraction of sp³-hybridized carbons (Fsp3) is 0.